The molecule has 1 aromatic carbocycles. The molecule has 1 aliphatic heterocycles. The predicted octanol–water partition coefficient (Wildman–Crippen LogP) is 2.68. The Kier molecular flexibility index (Phi) is 7.07. The molecule has 1 aliphatic rings. The van der Waals surface area contributed by atoms with Gasteiger partial charge in [0.05, 0.1) is 6.42 Å². The first-order valence-corrected chi connectivity index (χ1v) is 9.33. The van der Waals surface area contributed by atoms with Crippen LogP contribution in [0.1, 0.15) is 39.2 Å². The smallest absolute Gasteiger partial charge is 0.410 e. The van der Waals surface area contributed by atoms with Crippen molar-refractivity contribution in [1.29, 1.82) is 0 Å². The van der Waals surface area contributed by atoms with Crippen molar-refractivity contribution in [2.75, 3.05) is 13.1 Å². The second-order valence-corrected chi connectivity index (χ2v) is 8.02. The van der Waals surface area contributed by atoms with E-state index in [1.807, 2.05) is 20.8 Å². The van der Waals surface area contributed by atoms with Gasteiger partial charge in [-0.15, -0.1) is 0 Å². The summed E-state index contributed by atoms with van der Waals surface area (Å²) in [5.41, 5.74) is 5.16. The number of carbonyl (C=O) groups excluding carboxylic acids is 3. The van der Waals surface area contributed by atoms with Crippen molar-refractivity contribution in [3.05, 3.63) is 34.9 Å². The van der Waals surface area contributed by atoms with Crippen molar-refractivity contribution in [3.63, 3.8) is 0 Å². The fourth-order valence-electron chi connectivity index (χ4n) is 2.72. The summed E-state index contributed by atoms with van der Waals surface area (Å²) in [6.07, 6.45) is 0.836. The van der Waals surface area contributed by atoms with Crippen molar-refractivity contribution in [2.24, 2.45) is 5.92 Å². The van der Waals surface area contributed by atoms with Gasteiger partial charge in [-0.1, -0.05) is 23.7 Å². The summed E-state index contributed by atoms with van der Waals surface area (Å²) in [6, 6.07) is 6.94. The van der Waals surface area contributed by atoms with Crippen molar-refractivity contribution in [2.45, 2.75) is 45.6 Å². The normalized spacial score (nSPS) is 15.2. The highest BCUT2D eigenvalue weighted by molar-refractivity contribution is 6.30. The molecule has 2 rings (SSSR count). The molecule has 1 saturated heterocycles. The number of nitrogens with one attached hydrogen (secondary N) is 2. The van der Waals surface area contributed by atoms with E-state index in [9.17, 15) is 14.4 Å². The number of nitrogens with zero attached hydrogens (tertiary/aromatic N) is 1. The van der Waals surface area contributed by atoms with Crippen LogP contribution in [0, 0.1) is 5.92 Å². The summed E-state index contributed by atoms with van der Waals surface area (Å²) < 4.78 is 5.34. The number of hydrogen-bond acceptors (Lipinski definition) is 4. The van der Waals surface area contributed by atoms with Crippen LogP contribution in [0.15, 0.2) is 24.3 Å². The lowest BCUT2D eigenvalue weighted by Crippen LogP contribution is -2.49. The highest BCUT2D eigenvalue weighted by atomic mass is 35.5. The fraction of sp³-hybridized carbons (Fsp3) is 0.526. The highest BCUT2D eigenvalue weighted by Crippen LogP contribution is 2.19. The van der Waals surface area contributed by atoms with Gasteiger partial charge in [0.15, 0.2) is 0 Å². The number of hydrogen-bond donors (Lipinski definition) is 2. The molecule has 0 aromatic heterocycles. The standard InChI is InChI=1S/C19H26ClN3O4/c1-19(2,3)27-18(26)23-10-8-14(9-11-23)17(25)22-21-16(24)12-13-4-6-15(20)7-5-13/h4-7,14H,8-12H2,1-3H3,(H,21,24)(H,22,25). The average molecular weight is 396 g/mol. The van der Waals surface area contributed by atoms with Gasteiger partial charge < -0.3 is 9.64 Å². The van der Waals surface area contributed by atoms with E-state index in [0.29, 0.717) is 31.0 Å². The zero-order chi connectivity index (χ0) is 20.0. The number of amides is 3. The lowest BCUT2D eigenvalue weighted by Gasteiger charge is -2.32. The fourth-order valence-corrected chi connectivity index (χ4v) is 2.84. The largest absolute Gasteiger partial charge is 0.444 e. The number of likely N-dealkylation sites (tertiary alicyclic amines) is 1. The first-order chi connectivity index (χ1) is 12.6. The van der Waals surface area contributed by atoms with E-state index in [-0.39, 0.29) is 30.2 Å². The summed E-state index contributed by atoms with van der Waals surface area (Å²) >= 11 is 5.81. The maximum absolute atomic E-state index is 12.2. The molecule has 0 aliphatic carbocycles. The Labute approximate surface area is 164 Å². The summed E-state index contributed by atoms with van der Waals surface area (Å²) in [4.78, 5) is 37.8. The molecule has 1 heterocycles. The number of benzene rings is 1. The van der Waals surface area contributed by atoms with Crippen molar-refractivity contribution < 1.29 is 19.1 Å². The summed E-state index contributed by atoms with van der Waals surface area (Å²) in [5, 5.41) is 0.602. The molecule has 8 heteroatoms. The maximum Gasteiger partial charge on any atom is 0.410 e. The Hall–Kier alpha value is -2.28. The zero-order valence-corrected chi connectivity index (χ0v) is 16.6. The van der Waals surface area contributed by atoms with Gasteiger partial charge >= 0.3 is 6.09 Å². The Morgan fingerprint density at radius 2 is 1.70 bits per heavy atom. The van der Waals surface area contributed by atoms with Crippen LogP contribution in [0.4, 0.5) is 4.79 Å². The lowest BCUT2D eigenvalue weighted by molar-refractivity contribution is -0.132. The first-order valence-electron chi connectivity index (χ1n) is 8.95. The Balaban J connectivity index is 1.72. The highest BCUT2D eigenvalue weighted by Gasteiger charge is 2.30. The Bertz CT molecular complexity index is 677. The van der Waals surface area contributed by atoms with Gasteiger partial charge in [-0.05, 0) is 51.3 Å². The molecular formula is C19H26ClN3O4. The van der Waals surface area contributed by atoms with Gasteiger partial charge in [0.2, 0.25) is 11.8 Å². The molecule has 2 N–H and O–H groups in total. The van der Waals surface area contributed by atoms with Crippen LogP contribution >= 0.6 is 11.6 Å². The second-order valence-electron chi connectivity index (χ2n) is 7.58. The van der Waals surface area contributed by atoms with Gasteiger partial charge in [0.25, 0.3) is 0 Å². The average Bonchev–Trinajstić information content (AvgIpc) is 2.60. The third-order valence-electron chi connectivity index (χ3n) is 4.12. The molecule has 1 fully saturated rings. The van der Waals surface area contributed by atoms with Crippen LogP contribution < -0.4 is 10.9 Å². The van der Waals surface area contributed by atoms with Crippen molar-refractivity contribution >= 4 is 29.5 Å². The quantitative estimate of drug-likeness (QED) is 0.770. The molecule has 7 nitrogen and oxygen atoms in total. The van der Waals surface area contributed by atoms with Crippen LogP contribution in [0.25, 0.3) is 0 Å². The molecule has 0 spiro atoms. The number of piperidine rings is 1. The van der Waals surface area contributed by atoms with E-state index < -0.39 is 5.60 Å². The SMILES string of the molecule is CC(C)(C)OC(=O)N1CCC(C(=O)NNC(=O)Cc2ccc(Cl)cc2)CC1. The zero-order valence-electron chi connectivity index (χ0n) is 15.9. The van der Waals surface area contributed by atoms with Crippen LogP contribution in [-0.2, 0) is 20.7 Å². The number of ether oxygens (including phenoxy) is 1. The van der Waals surface area contributed by atoms with Gasteiger partial charge in [-0.3, -0.25) is 20.4 Å². The third-order valence-corrected chi connectivity index (χ3v) is 4.37. The molecule has 148 valence electrons. The second kappa shape index (κ2) is 9.08. The van der Waals surface area contributed by atoms with E-state index in [2.05, 4.69) is 10.9 Å². The van der Waals surface area contributed by atoms with Crippen molar-refractivity contribution in [1.82, 2.24) is 15.8 Å². The molecule has 1 aromatic rings. The number of carbonyl (C=O) groups is 3. The molecular weight excluding hydrogens is 370 g/mol. The number of halogens is 1. The number of rotatable bonds is 3. The van der Waals surface area contributed by atoms with Gasteiger partial charge in [-0.2, -0.15) is 0 Å². The topological polar surface area (TPSA) is 87.7 Å². The predicted molar refractivity (Wildman–Crippen MR) is 102 cm³/mol. The van der Waals surface area contributed by atoms with Crippen LogP contribution in [-0.4, -0.2) is 41.5 Å². The molecule has 0 radical (unpaired) electrons. The van der Waals surface area contributed by atoms with E-state index in [1.165, 1.54) is 0 Å². The Morgan fingerprint density at radius 3 is 2.26 bits per heavy atom. The summed E-state index contributed by atoms with van der Waals surface area (Å²) in [5.74, 6) is -0.806. The Morgan fingerprint density at radius 1 is 1.11 bits per heavy atom. The van der Waals surface area contributed by atoms with Crippen molar-refractivity contribution in [3.8, 4) is 0 Å². The van der Waals surface area contributed by atoms with Gasteiger partial charge in [-0.25, -0.2) is 4.79 Å². The molecule has 0 saturated carbocycles. The number of hydrazine groups is 1. The monoisotopic (exact) mass is 395 g/mol. The molecule has 0 bridgehead atoms. The summed E-state index contributed by atoms with van der Waals surface area (Å²) in [7, 11) is 0. The van der Waals surface area contributed by atoms with Crippen LogP contribution in [0.3, 0.4) is 0 Å². The molecule has 27 heavy (non-hydrogen) atoms. The maximum atomic E-state index is 12.2. The van der Waals surface area contributed by atoms with E-state index in [4.69, 9.17) is 16.3 Å². The minimum atomic E-state index is -0.542. The van der Waals surface area contributed by atoms with E-state index in [0.717, 1.165) is 5.56 Å². The van der Waals surface area contributed by atoms with Gasteiger partial charge in [0, 0.05) is 24.0 Å². The van der Waals surface area contributed by atoms with E-state index >= 15 is 0 Å². The molecule has 3 amide bonds. The molecule has 0 atom stereocenters. The summed E-state index contributed by atoms with van der Waals surface area (Å²) in [6.45, 7) is 6.35. The third kappa shape index (κ3) is 7.09. The first kappa shape index (κ1) is 21.0. The van der Waals surface area contributed by atoms with E-state index in [1.54, 1.807) is 29.2 Å². The lowest BCUT2D eigenvalue weighted by atomic mass is 9.96. The minimum absolute atomic E-state index is 0.147. The van der Waals surface area contributed by atoms with Crippen LogP contribution in [0.5, 0.6) is 0 Å². The molecule has 0 unspecified atom stereocenters. The minimum Gasteiger partial charge on any atom is -0.444 e. The van der Waals surface area contributed by atoms with Gasteiger partial charge in [0.1, 0.15) is 5.60 Å². The van der Waals surface area contributed by atoms with Crippen LogP contribution in [0.2, 0.25) is 5.02 Å².